The Kier molecular flexibility index (Phi) is 12.1. The van der Waals surface area contributed by atoms with Crippen LogP contribution in [0, 0.1) is 11.3 Å². The van der Waals surface area contributed by atoms with Crippen molar-refractivity contribution in [2.75, 3.05) is 60.7 Å². The lowest BCUT2D eigenvalue weighted by Gasteiger charge is -2.53. The van der Waals surface area contributed by atoms with Crippen LogP contribution in [0.4, 0.5) is 0 Å². The molecule has 0 radical (unpaired) electrons. The zero-order valence-corrected chi connectivity index (χ0v) is 35.6. The number of hydrogen-bond acceptors (Lipinski definition) is 12. The van der Waals surface area contributed by atoms with Gasteiger partial charge in [-0.25, -0.2) is 0 Å². The van der Waals surface area contributed by atoms with Gasteiger partial charge in [-0.2, -0.15) is 0 Å². The van der Waals surface area contributed by atoms with Crippen molar-refractivity contribution in [3.05, 3.63) is 82.0 Å². The lowest BCUT2D eigenvalue weighted by Crippen LogP contribution is -2.54. The number of carbonyl (C=O) groups is 5. The Morgan fingerprint density at radius 2 is 1.66 bits per heavy atom. The minimum absolute atomic E-state index is 0.0388. The fourth-order valence-corrected chi connectivity index (χ4v) is 9.78. The summed E-state index contributed by atoms with van der Waals surface area (Å²) < 4.78 is 24.9. The highest BCUT2D eigenvalue weighted by atomic mass is 16.5. The number of benzene rings is 2. The number of rotatable bonds is 15. The minimum atomic E-state index is -1.06. The molecule has 1 unspecified atom stereocenters. The molecule has 1 saturated carbocycles. The van der Waals surface area contributed by atoms with E-state index in [2.05, 4.69) is 22.2 Å². The number of carbonyl (C=O) groups excluding carboxylic acids is 5. The number of nitrogens with zero attached hydrogens (tertiary/aromatic N) is 5. The van der Waals surface area contributed by atoms with Crippen LogP contribution in [0.3, 0.4) is 0 Å². The number of imide groups is 2. The van der Waals surface area contributed by atoms with E-state index in [1.54, 1.807) is 50.4 Å². The molecule has 5 amide bonds. The quantitative estimate of drug-likeness (QED) is 0.135. The number of piperidine rings is 2. The number of ether oxygens (including phenoxy) is 4. The summed E-state index contributed by atoms with van der Waals surface area (Å²) in [4.78, 5) is 85.6. The molecule has 3 fully saturated rings. The van der Waals surface area contributed by atoms with Crippen molar-refractivity contribution in [1.29, 1.82) is 0 Å². The van der Waals surface area contributed by atoms with E-state index in [4.69, 9.17) is 18.9 Å². The van der Waals surface area contributed by atoms with Gasteiger partial charge in [-0.3, -0.25) is 44.0 Å². The van der Waals surface area contributed by atoms with Crippen molar-refractivity contribution >= 4 is 40.3 Å². The number of nitrogens with one attached hydrogen (secondary N) is 1. The number of fused-ring (bicyclic) bond motifs is 2. The Morgan fingerprint density at radius 1 is 0.919 bits per heavy atom. The Balaban J connectivity index is 0.764. The smallest absolute Gasteiger partial charge is 0.266 e. The molecular formula is C46H52N6O10. The molecule has 1 spiro atoms. The summed E-state index contributed by atoms with van der Waals surface area (Å²) in [6.45, 7) is 3.53. The third-order valence-electron chi connectivity index (χ3n) is 12.9. The Labute approximate surface area is 359 Å². The van der Waals surface area contributed by atoms with Crippen LogP contribution in [0.1, 0.15) is 71.2 Å². The lowest BCUT2D eigenvalue weighted by atomic mass is 9.57. The molecule has 16 nitrogen and oxygen atoms in total. The molecule has 62 heavy (non-hydrogen) atoms. The van der Waals surface area contributed by atoms with E-state index in [9.17, 15) is 28.8 Å². The molecule has 4 aromatic rings. The van der Waals surface area contributed by atoms with Gasteiger partial charge < -0.3 is 33.3 Å². The fraction of sp³-hybridized carbons (Fsp3) is 0.457. The topological polar surface area (TPSA) is 179 Å². The van der Waals surface area contributed by atoms with Gasteiger partial charge in [0.2, 0.25) is 17.7 Å². The van der Waals surface area contributed by atoms with Crippen molar-refractivity contribution in [3.8, 4) is 28.4 Å². The van der Waals surface area contributed by atoms with Gasteiger partial charge in [0.05, 0.1) is 55.9 Å². The first kappa shape index (κ1) is 42.6. The zero-order valence-electron chi connectivity index (χ0n) is 35.6. The predicted octanol–water partition coefficient (Wildman–Crippen LogP) is 3.96. The van der Waals surface area contributed by atoms with Gasteiger partial charge >= 0.3 is 0 Å². The number of hydrogen-bond donors (Lipinski definition) is 1. The molecule has 1 aliphatic carbocycles. The Morgan fingerprint density at radius 3 is 2.37 bits per heavy atom. The maximum absolute atomic E-state index is 13.3. The van der Waals surface area contributed by atoms with Crippen molar-refractivity contribution in [2.45, 2.75) is 57.5 Å². The summed E-state index contributed by atoms with van der Waals surface area (Å²) in [6, 6.07) is 9.52. The van der Waals surface area contributed by atoms with E-state index in [0.29, 0.717) is 17.8 Å². The van der Waals surface area contributed by atoms with Gasteiger partial charge in [0, 0.05) is 63.8 Å². The minimum Gasteiger partial charge on any atom is -0.496 e. The Bertz CT molecular complexity index is 2460. The van der Waals surface area contributed by atoms with E-state index in [0.717, 1.165) is 83.8 Å². The lowest BCUT2D eigenvalue weighted by molar-refractivity contribution is -0.137. The third kappa shape index (κ3) is 8.28. The molecule has 5 heterocycles. The number of aryl methyl sites for hydroxylation is 1. The number of pyridine rings is 2. The first-order valence-electron chi connectivity index (χ1n) is 21.1. The molecule has 0 bridgehead atoms. The second kappa shape index (κ2) is 17.7. The SMILES string of the molecule is COc1cc(-c2cn(C)c(=O)c3cnccc23)cc(OC)c1CN(C)CC1CC2(CCN(C(=O)CCOCCOc3cccc4c3C(=O)N(C3CCC(=O)NC3=O)C4=O)CC2)C1. The van der Waals surface area contributed by atoms with E-state index in [1.165, 1.54) is 6.07 Å². The number of aromatic nitrogens is 2. The van der Waals surface area contributed by atoms with Crippen molar-refractivity contribution in [1.82, 2.24) is 29.6 Å². The Hall–Kier alpha value is -6.13. The molecule has 4 aliphatic rings. The van der Waals surface area contributed by atoms with Gasteiger partial charge in [-0.1, -0.05) is 6.07 Å². The third-order valence-corrected chi connectivity index (χ3v) is 12.9. The predicted molar refractivity (Wildman–Crippen MR) is 227 cm³/mol. The number of amides is 5. The van der Waals surface area contributed by atoms with Gasteiger partial charge in [0.15, 0.2) is 0 Å². The van der Waals surface area contributed by atoms with E-state index >= 15 is 0 Å². The van der Waals surface area contributed by atoms with Crippen molar-refractivity contribution in [3.63, 3.8) is 0 Å². The second-order valence-electron chi connectivity index (χ2n) is 16.9. The summed E-state index contributed by atoms with van der Waals surface area (Å²) in [6.07, 6.45) is 9.71. The normalized spacial score (nSPS) is 18.6. The van der Waals surface area contributed by atoms with Gasteiger partial charge in [-0.05, 0) is 91.8 Å². The highest BCUT2D eigenvalue weighted by Crippen LogP contribution is 2.53. The maximum atomic E-state index is 13.3. The van der Waals surface area contributed by atoms with Crippen LogP contribution >= 0.6 is 0 Å². The van der Waals surface area contributed by atoms with E-state index in [-0.39, 0.29) is 72.8 Å². The molecule has 1 N–H and O–H groups in total. The second-order valence-corrected chi connectivity index (χ2v) is 16.9. The van der Waals surface area contributed by atoms with Crippen LogP contribution in [0.2, 0.25) is 0 Å². The van der Waals surface area contributed by atoms with Crippen LogP contribution in [-0.4, -0.2) is 121 Å². The molecule has 3 aliphatic heterocycles. The van der Waals surface area contributed by atoms with Gasteiger partial charge in [-0.15, -0.1) is 0 Å². The van der Waals surface area contributed by atoms with E-state index < -0.39 is 29.7 Å². The summed E-state index contributed by atoms with van der Waals surface area (Å²) in [5.41, 5.74) is 3.13. The number of likely N-dealkylation sites (tertiary alicyclic amines) is 1. The summed E-state index contributed by atoms with van der Waals surface area (Å²) in [5.74, 6) is -0.0791. The monoisotopic (exact) mass is 848 g/mol. The molecule has 1 atom stereocenters. The summed E-state index contributed by atoms with van der Waals surface area (Å²) >= 11 is 0. The average molecular weight is 849 g/mol. The highest BCUT2D eigenvalue weighted by molar-refractivity contribution is 6.24. The standard InChI is InChI=1S/C46H52N6O10/c1-49(26-34-37(59-3)20-29(21-38(34)60-4)33-27-50(2)43(56)32-24-47-14-10-30(32)33)25-28-22-46(23-28)12-15-51(16-13-46)40(54)11-17-61-18-19-62-36-7-5-6-31-41(36)45(58)52(44(31)57)35-8-9-39(53)48-42(35)55/h5-7,10,14,20-21,24,27-28,35H,8-9,11-13,15-19,22-23,25-26H2,1-4H3,(H,48,53,55). The zero-order chi connectivity index (χ0) is 43.7. The van der Waals surface area contributed by atoms with Gasteiger partial charge in [0.25, 0.3) is 17.4 Å². The summed E-state index contributed by atoms with van der Waals surface area (Å²) in [5, 5.41) is 3.56. The van der Waals surface area contributed by atoms with Crippen LogP contribution in [0.15, 0.2) is 59.8 Å². The summed E-state index contributed by atoms with van der Waals surface area (Å²) in [7, 11) is 7.19. The molecule has 326 valence electrons. The average Bonchev–Trinajstić information content (AvgIpc) is 3.51. The van der Waals surface area contributed by atoms with Gasteiger partial charge in [0.1, 0.15) is 29.9 Å². The van der Waals surface area contributed by atoms with Crippen molar-refractivity contribution in [2.24, 2.45) is 18.4 Å². The molecule has 2 saturated heterocycles. The van der Waals surface area contributed by atoms with Crippen molar-refractivity contribution < 1.29 is 42.9 Å². The molecule has 2 aromatic carbocycles. The molecule has 16 heteroatoms. The first-order valence-corrected chi connectivity index (χ1v) is 21.1. The van der Waals surface area contributed by atoms with Crippen LogP contribution in [-0.2, 0) is 32.7 Å². The largest absolute Gasteiger partial charge is 0.496 e. The maximum Gasteiger partial charge on any atom is 0.266 e. The fourth-order valence-electron chi connectivity index (χ4n) is 9.78. The van der Waals surface area contributed by atoms with Crippen LogP contribution < -0.4 is 25.1 Å². The van der Waals surface area contributed by atoms with Crippen LogP contribution in [0.25, 0.3) is 21.9 Å². The molecular weight excluding hydrogens is 797 g/mol. The van der Waals surface area contributed by atoms with E-state index in [1.807, 2.05) is 29.3 Å². The van der Waals surface area contributed by atoms with Crippen LogP contribution in [0.5, 0.6) is 17.2 Å². The molecule has 8 rings (SSSR count). The number of methoxy groups -OCH3 is 2. The molecule has 2 aromatic heterocycles. The highest BCUT2D eigenvalue weighted by Gasteiger charge is 2.47. The first-order chi connectivity index (χ1) is 29.9.